The third kappa shape index (κ3) is 6.14. The van der Waals surface area contributed by atoms with Gasteiger partial charge in [-0.05, 0) is 77.3 Å². The number of hydrogen-bond donors (Lipinski definition) is 3. The van der Waals surface area contributed by atoms with Crippen molar-refractivity contribution in [2.45, 2.75) is 58.5 Å². The van der Waals surface area contributed by atoms with Crippen molar-refractivity contribution < 1.29 is 14.3 Å². The van der Waals surface area contributed by atoms with E-state index >= 15 is 0 Å². The molecule has 0 atom stereocenters. The molecule has 2 heterocycles. The average molecular weight is 514 g/mol. The van der Waals surface area contributed by atoms with Gasteiger partial charge < -0.3 is 26.0 Å². The quantitative estimate of drug-likeness (QED) is 0.399. The molecule has 8 heteroatoms. The number of amides is 3. The molecule has 1 saturated carbocycles. The Labute approximate surface area is 223 Å². The first-order valence-corrected chi connectivity index (χ1v) is 13.1. The fraction of sp³-hybridized carbons (Fsp3) is 0.367. The molecule has 0 radical (unpaired) electrons. The monoisotopic (exact) mass is 513 g/mol. The summed E-state index contributed by atoms with van der Waals surface area (Å²) < 4.78 is 6.08. The molecule has 0 bridgehead atoms. The van der Waals surface area contributed by atoms with Crippen LogP contribution in [0.25, 0.3) is 0 Å². The van der Waals surface area contributed by atoms with Crippen LogP contribution in [0.4, 0.5) is 16.3 Å². The lowest BCUT2D eigenvalue weighted by Gasteiger charge is -2.29. The van der Waals surface area contributed by atoms with Gasteiger partial charge in [0.2, 0.25) is 5.91 Å². The number of urea groups is 1. The predicted octanol–water partition coefficient (Wildman–Crippen LogP) is 5.57. The number of carbonyl (C=O) groups excluding carboxylic acids is 2. The van der Waals surface area contributed by atoms with Crippen LogP contribution in [-0.2, 0) is 29.7 Å². The third-order valence-corrected chi connectivity index (χ3v) is 6.99. The number of nitrogens with zero attached hydrogens (tertiary/aromatic N) is 2. The lowest BCUT2D eigenvalue weighted by molar-refractivity contribution is -0.117. The Morgan fingerprint density at radius 1 is 1.03 bits per heavy atom. The zero-order valence-corrected chi connectivity index (χ0v) is 22.2. The lowest BCUT2D eigenvalue weighted by Crippen LogP contribution is -2.39. The van der Waals surface area contributed by atoms with Crippen LogP contribution in [0.1, 0.15) is 55.9 Å². The van der Waals surface area contributed by atoms with Crippen LogP contribution in [0.5, 0.6) is 11.5 Å². The molecule has 3 amide bonds. The highest BCUT2D eigenvalue weighted by atomic mass is 16.5. The van der Waals surface area contributed by atoms with Gasteiger partial charge in [-0.1, -0.05) is 32.9 Å². The minimum Gasteiger partial charge on any atom is -0.457 e. The molecule has 0 saturated heterocycles. The average Bonchev–Trinajstić information content (AvgIpc) is 3.73. The number of aromatic nitrogens is 1. The normalized spacial score (nSPS) is 15.0. The molecular weight excluding hydrogens is 478 g/mol. The first kappa shape index (κ1) is 25.7. The highest BCUT2D eigenvalue weighted by Gasteiger charge is 2.30. The van der Waals surface area contributed by atoms with Crippen LogP contribution in [0.2, 0.25) is 0 Å². The molecule has 3 aromatic rings. The van der Waals surface area contributed by atoms with Crippen molar-refractivity contribution >= 4 is 23.4 Å². The summed E-state index contributed by atoms with van der Waals surface area (Å²) in [6.45, 7) is 7.97. The second-order valence-corrected chi connectivity index (χ2v) is 11.1. The number of ether oxygens (including phenoxy) is 1. The number of benzene rings is 2. The number of nitrogens with one attached hydrogen (secondary N) is 2. The summed E-state index contributed by atoms with van der Waals surface area (Å²) in [6, 6.07) is 15.4. The second-order valence-electron chi connectivity index (χ2n) is 11.1. The molecule has 2 aromatic carbocycles. The number of rotatable bonds is 6. The van der Waals surface area contributed by atoms with Crippen molar-refractivity contribution in [1.29, 1.82) is 0 Å². The topological polar surface area (TPSA) is 110 Å². The molecular formula is C30H35N5O3. The zero-order chi connectivity index (χ0) is 26.9. The van der Waals surface area contributed by atoms with Crippen LogP contribution >= 0.6 is 0 Å². The number of fused-ring (bicyclic) bond motifs is 1. The lowest BCUT2D eigenvalue weighted by atomic mass is 9.86. The van der Waals surface area contributed by atoms with Gasteiger partial charge in [-0.25, -0.2) is 9.78 Å². The minimum absolute atomic E-state index is 0.00572. The molecule has 38 heavy (non-hydrogen) atoms. The molecule has 1 aliphatic carbocycles. The number of hydrogen-bond acceptors (Lipinski definition) is 5. The maximum Gasteiger partial charge on any atom is 0.322 e. The standard InChI is InChI=1S/C30H35N5O3/c1-30(2,3)23-12-19(17-31)13-24(15-23)33-29(37)35-11-9-20-6-7-25(14-22(20)18-35)38-26-8-10-32-27(16-26)34-28(36)21-4-5-21/h6-8,10,12-16,21H,4-5,9,11,17-18,31H2,1-3H3,(H,33,37)(H,32,34,36). The Hall–Kier alpha value is -3.91. The van der Waals surface area contributed by atoms with E-state index in [1.807, 2.05) is 29.2 Å². The van der Waals surface area contributed by atoms with Crippen molar-refractivity contribution in [1.82, 2.24) is 9.88 Å². The van der Waals surface area contributed by atoms with Crippen molar-refractivity contribution in [3.63, 3.8) is 0 Å². The second kappa shape index (κ2) is 10.5. The van der Waals surface area contributed by atoms with Crippen LogP contribution in [-0.4, -0.2) is 28.4 Å². The summed E-state index contributed by atoms with van der Waals surface area (Å²) in [5, 5.41) is 5.93. The van der Waals surface area contributed by atoms with E-state index in [1.165, 1.54) is 5.56 Å². The van der Waals surface area contributed by atoms with Crippen molar-refractivity contribution in [3.05, 3.63) is 77.0 Å². The third-order valence-electron chi connectivity index (χ3n) is 6.99. The summed E-state index contributed by atoms with van der Waals surface area (Å²) in [4.78, 5) is 31.3. The van der Waals surface area contributed by atoms with Gasteiger partial charge in [-0.15, -0.1) is 0 Å². The van der Waals surface area contributed by atoms with Gasteiger partial charge in [-0.3, -0.25) is 4.79 Å². The van der Waals surface area contributed by atoms with Crippen molar-refractivity contribution in [2.75, 3.05) is 17.2 Å². The van der Waals surface area contributed by atoms with Gasteiger partial charge in [0.05, 0.1) is 0 Å². The molecule has 1 aromatic heterocycles. The maximum absolute atomic E-state index is 13.2. The molecule has 1 fully saturated rings. The zero-order valence-electron chi connectivity index (χ0n) is 22.2. The number of anilines is 2. The fourth-order valence-corrected chi connectivity index (χ4v) is 4.54. The van der Waals surface area contributed by atoms with E-state index in [0.29, 0.717) is 37.0 Å². The maximum atomic E-state index is 13.2. The molecule has 1 aliphatic heterocycles. The molecule has 0 spiro atoms. The summed E-state index contributed by atoms with van der Waals surface area (Å²) >= 11 is 0. The van der Waals surface area contributed by atoms with Gasteiger partial charge in [-0.2, -0.15) is 0 Å². The Morgan fingerprint density at radius 2 is 1.82 bits per heavy atom. The summed E-state index contributed by atoms with van der Waals surface area (Å²) in [5.41, 5.74) is 11.0. The Bertz CT molecular complexity index is 1360. The van der Waals surface area contributed by atoms with Gasteiger partial charge in [0.15, 0.2) is 0 Å². The number of pyridine rings is 1. The van der Waals surface area contributed by atoms with E-state index in [4.69, 9.17) is 10.5 Å². The van der Waals surface area contributed by atoms with E-state index in [0.717, 1.165) is 41.6 Å². The molecule has 198 valence electrons. The van der Waals surface area contributed by atoms with Crippen LogP contribution in [0.15, 0.2) is 54.7 Å². The summed E-state index contributed by atoms with van der Waals surface area (Å²) in [6.07, 6.45) is 4.26. The smallest absolute Gasteiger partial charge is 0.322 e. The van der Waals surface area contributed by atoms with E-state index in [9.17, 15) is 9.59 Å². The van der Waals surface area contributed by atoms with Gasteiger partial charge in [0.25, 0.3) is 0 Å². The van der Waals surface area contributed by atoms with Crippen LogP contribution < -0.4 is 21.1 Å². The Balaban J connectivity index is 1.26. The molecule has 5 rings (SSSR count). The molecule has 2 aliphatic rings. The van der Waals surface area contributed by atoms with Gasteiger partial charge in [0.1, 0.15) is 17.3 Å². The highest BCUT2D eigenvalue weighted by Crippen LogP contribution is 2.32. The van der Waals surface area contributed by atoms with E-state index in [2.05, 4.69) is 48.5 Å². The predicted molar refractivity (Wildman–Crippen MR) is 148 cm³/mol. The van der Waals surface area contributed by atoms with E-state index in [-0.39, 0.29) is 23.3 Å². The van der Waals surface area contributed by atoms with E-state index < -0.39 is 0 Å². The SMILES string of the molecule is CC(C)(C)c1cc(CN)cc(NC(=O)N2CCc3ccc(Oc4ccnc(NC(=O)C5CC5)c4)cc3C2)c1. The van der Waals surface area contributed by atoms with Gasteiger partial charge >= 0.3 is 6.03 Å². The fourth-order valence-electron chi connectivity index (χ4n) is 4.54. The van der Waals surface area contributed by atoms with E-state index in [1.54, 1.807) is 18.3 Å². The Kier molecular flexibility index (Phi) is 7.08. The first-order valence-electron chi connectivity index (χ1n) is 13.1. The summed E-state index contributed by atoms with van der Waals surface area (Å²) in [5.74, 6) is 1.85. The van der Waals surface area contributed by atoms with Crippen LogP contribution in [0, 0.1) is 5.92 Å². The largest absolute Gasteiger partial charge is 0.457 e. The number of nitrogens with two attached hydrogens (primary N) is 1. The molecule has 4 N–H and O–H groups in total. The molecule has 8 nitrogen and oxygen atoms in total. The first-order chi connectivity index (χ1) is 18.2. The highest BCUT2D eigenvalue weighted by molar-refractivity contribution is 5.93. The molecule has 0 unspecified atom stereocenters. The van der Waals surface area contributed by atoms with Crippen LogP contribution in [0.3, 0.4) is 0 Å². The van der Waals surface area contributed by atoms with Crippen molar-refractivity contribution in [3.8, 4) is 11.5 Å². The number of carbonyl (C=O) groups is 2. The Morgan fingerprint density at radius 3 is 2.55 bits per heavy atom. The van der Waals surface area contributed by atoms with Gasteiger partial charge in [0, 0.05) is 43.5 Å². The summed E-state index contributed by atoms with van der Waals surface area (Å²) in [7, 11) is 0. The minimum atomic E-state index is -0.138. The van der Waals surface area contributed by atoms with Crippen molar-refractivity contribution in [2.24, 2.45) is 11.7 Å².